The summed E-state index contributed by atoms with van der Waals surface area (Å²) in [6, 6.07) is 0.0140. The maximum absolute atomic E-state index is 9.71. The molecular weight excluding hydrogens is 170 g/mol. The first kappa shape index (κ1) is 12.8. The van der Waals surface area contributed by atoms with Gasteiger partial charge in [-0.25, -0.2) is 0 Å². The van der Waals surface area contributed by atoms with Crippen LogP contribution < -0.4 is 0 Å². The van der Waals surface area contributed by atoms with Gasteiger partial charge in [0.1, 0.15) is 0 Å². The molecule has 0 fully saturated rings. The van der Waals surface area contributed by atoms with Gasteiger partial charge in [0.2, 0.25) is 0 Å². The Balaban J connectivity index is 3.87. The number of likely N-dealkylation sites (N-methyl/N-ethyl adjacent to an activating group) is 1. The molecule has 0 aromatic heterocycles. The summed E-state index contributed by atoms with van der Waals surface area (Å²) in [5.74, 6) is 0. The summed E-state index contributed by atoms with van der Waals surface area (Å²) in [6.45, 7) is 0.657. The number of aliphatic hydroxyl groups excluding tert-OH is 2. The molecule has 2 N–H and O–H groups in total. The van der Waals surface area contributed by atoms with Crippen LogP contribution in [0.5, 0.6) is 0 Å². The predicted octanol–water partition coefficient (Wildman–Crippen LogP) is -0.304. The summed E-state index contributed by atoms with van der Waals surface area (Å²) in [7, 11) is 5.41. The molecule has 80 valence electrons. The molecule has 0 spiro atoms. The monoisotopic (exact) mass is 191 g/mol. The molecule has 0 aliphatic rings. The third-order valence-corrected chi connectivity index (χ3v) is 2.15. The van der Waals surface area contributed by atoms with E-state index in [1.807, 2.05) is 19.0 Å². The van der Waals surface area contributed by atoms with E-state index >= 15 is 0 Å². The van der Waals surface area contributed by atoms with Crippen LogP contribution in [-0.4, -0.2) is 61.7 Å². The summed E-state index contributed by atoms with van der Waals surface area (Å²) in [6.07, 6.45) is 0.777. The molecule has 0 heterocycles. The first-order valence-electron chi connectivity index (χ1n) is 4.57. The van der Waals surface area contributed by atoms with Crippen molar-refractivity contribution < 1.29 is 14.9 Å². The maximum atomic E-state index is 9.71. The van der Waals surface area contributed by atoms with Crippen molar-refractivity contribution in [1.82, 2.24) is 4.90 Å². The Labute approximate surface area is 80.1 Å². The van der Waals surface area contributed by atoms with Crippen molar-refractivity contribution in [2.24, 2.45) is 0 Å². The first-order valence-corrected chi connectivity index (χ1v) is 4.57. The molecule has 2 atom stereocenters. The van der Waals surface area contributed by atoms with E-state index < -0.39 is 6.10 Å². The van der Waals surface area contributed by atoms with E-state index in [1.165, 1.54) is 0 Å². The Morgan fingerprint density at radius 3 is 2.31 bits per heavy atom. The zero-order chi connectivity index (χ0) is 10.3. The lowest BCUT2D eigenvalue weighted by atomic mass is 10.0. The molecule has 0 saturated heterocycles. The van der Waals surface area contributed by atoms with Crippen LogP contribution in [0.15, 0.2) is 0 Å². The fraction of sp³-hybridized carbons (Fsp3) is 1.00. The summed E-state index contributed by atoms with van der Waals surface area (Å²) in [5, 5.41) is 18.5. The molecule has 0 aliphatic carbocycles. The molecule has 13 heavy (non-hydrogen) atoms. The van der Waals surface area contributed by atoms with Gasteiger partial charge in [-0.15, -0.1) is 0 Å². The Kier molecular flexibility index (Phi) is 7.17. The fourth-order valence-corrected chi connectivity index (χ4v) is 1.36. The summed E-state index contributed by atoms with van der Waals surface area (Å²) < 4.78 is 4.88. The molecule has 0 amide bonds. The summed E-state index contributed by atoms with van der Waals surface area (Å²) >= 11 is 0. The van der Waals surface area contributed by atoms with Crippen LogP contribution in [0.1, 0.15) is 12.8 Å². The molecule has 0 saturated carbocycles. The smallest absolute Gasteiger partial charge is 0.0717 e. The minimum absolute atomic E-state index is 0.0140. The van der Waals surface area contributed by atoms with E-state index in [9.17, 15) is 5.11 Å². The van der Waals surface area contributed by atoms with Crippen LogP contribution >= 0.6 is 0 Å². The summed E-state index contributed by atoms with van der Waals surface area (Å²) in [4.78, 5) is 1.93. The van der Waals surface area contributed by atoms with E-state index in [-0.39, 0.29) is 12.6 Å². The molecule has 0 aromatic carbocycles. The number of ether oxygens (including phenoxy) is 1. The average molecular weight is 191 g/mol. The van der Waals surface area contributed by atoms with E-state index in [1.54, 1.807) is 7.11 Å². The van der Waals surface area contributed by atoms with Gasteiger partial charge in [0.05, 0.1) is 6.10 Å². The van der Waals surface area contributed by atoms with Crippen molar-refractivity contribution in [1.29, 1.82) is 0 Å². The van der Waals surface area contributed by atoms with Crippen LogP contribution in [0, 0.1) is 0 Å². The normalized spacial score (nSPS) is 16.2. The zero-order valence-electron chi connectivity index (χ0n) is 8.73. The van der Waals surface area contributed by atoms with Crippen molar-refractivity contribution in [2.45, 2.75) is 25.0 Å². The van der Waals surface area contributed by atoms with Gasteiger partial charge in [-0.05, 0) is 26.9 Å². The molecule has 0 rings (SSSR count). The van der Waals surface area contributed by atoms with E-state index in [4.69, 9.17) is 9.84 Å². The highest BCUT2D eigenvalue weighted by Crippen LogP contribution is 2.08. The lowest BCUT2D eigenvalue weighted by Gasteiger charge is -2.28. The van der Waals surface area contributed by atoms with Crippen LogP contribution in [0.2, 0.25) is 0 Å². The maximum Gasteiger partial charge on any atom is 0.0717 e. The Hall–Kier alpha value is -0.160. The standard InChI is InChI=1S/C9H21NO3/c1-10(2)8(4-6-11)9(12)5-7-13-3/h8-9,11-12H,4-7H2,1-3H3. The van der Waals surface area contributed by atoms with Crippen LogP contribution in [0.25, 0.3) is 0 Å². The molecule has 4 heteroatoms. The average Bonchev–Trinajstić information content (AvgIpc) is 2.09. The highest BCUT2D eigenvalue weighted by atomic mass is 16.5. The molecule has 0 radical (unpaired) electrons. The van der Waals surface area contributed by atoms with Crippen molar-refractivity contribution in [2.75, 3.05) is 34.4 Å². The third kappa shape index (κ3) is 5.21. The van der Waals surface area contributed by atoms with Gasteiger partial charge in [0, 0.05) is 26.4 Å². The van der Waals surface area contributed by atoms with Crippen molar-refractivity contribution in [3.8, 4) is 0 Å². The van der Waals surface area contributed by atoms with Gasteiger partial charge < -0.3 is 19.8 Å². The number of hydrogen-bond acceptors (Lipinski definition) is 4. The highest BCUT2D eigenvalue weighted by molar-refractivity contribution is 4.74. The zero-order valence-corrected chi connectivity index (χ0v) is 8.73. The Morgan fingerprint density at radius 2 is 1.92 bits per heavy atom. The van der Waals surface area contributed by atoms with Gasteiger partial charge in [0.25, 0.3) is 0 Å². The number of methoxy groups -OCH3 is 1. The van der Waals surface area contributed by atoms with Gasteiger partial charge in [-0.3, -0.25) is 0 Å². The topological polar surface area (TPSA) is 52.9 Å². The highest BCUT2D eigenvalue weighted by Gasteiger charge is 2.20. The lowest BCUT2D eigenvalue weighted by molar-refractivity contribution is 0.0350. The minimum atomic E-state index is -0.429. The quantitative estimate of drug-likeness (QED) is 0.580. The second-order valence-electron chi connectivity index (χ2n) is 3.39. The van der Waals surface area contributed by atoms with Crippen LogP contribution in [0.3, 0.4) is 0 Å². The molecule has 4 nitrogen and oxygen atoms in total. The number of rotatable bonds is 7. The second-order valence-corrected chi connectivity index (χ2v) is 3.39. The van der Waals surface area contributed by atoms with E-state index in [0.29, 0.717) is 19.4 Å². The number of nitrogens with zero attached hydrogens (tertiary/aromatic N) is 1. The Morgan fingerprint density at radius 1 is 1.31 bits per heavy atom. The third-order valence-electron chi connectivity index (χ3n) is 2.15. The van der Waals surface area contributed by atoms with Gasteiger partial charge >= 0.3 is 0 Å². The SMILES string of the molecule is COCCC(O)C(CCO)N(C)C. The molecule has 0 aliphatic heterocycles. The van der Waals surface area contributed by atoms with Crippen LogP contribution in [0.4, 0.5) is 0 Å². The van der Waals surface area contributed by atoms with Crippen molar-refractivity contribution in [3.05, 3.63) is 0 Å². The molecular formula is C9H21NO3. The molecule has 0 bridgehead atoms. The van der Waals surface area contributed by atoms with E-state index in [2.05, 4.69) is 0 Å². The number of hydrogen-bond donors (Lipinski definition) is 2. The first-order chi connectivity index (χ1) is 6.13. The molecule has 2 unspecified atom stereocenters. The minimum Gasteiger partial charge on any atom is -0.396 e. The number of aliphatic hydroxyl groups is 2. The van der Waals surface area contributed by atoms with Gasteiger partial charge in [-0.1, -0.05) is 0 Å². The van der Waals surface area contributed by atoms with Crippen molar-refractivity contribution >= 4 is 0 Å². The van der Waals surface area contributed by atoms with Gasteiger partial charge in [-0.2, -0.15) is 0 Å². The van der Waals surface area contributed by atoms with Gasteiger partial charge in [0.15, 0.2) is 0 Å². The van der Waals surface area contributed by atoms with E-state index in [0.717, 1.165) is 0 Å². The molecule has 0 aromatic rings. The fourth-order valence-electron chi connectivity index (χ4n) is 1.36. The van der Waals surface area contributed by atoms with Crippen molar-refractivity contribution in [3.63, 3.8) is 0 Å². The van der Waals surface area contributed by atoms with Crippen LogP contribution in [-0.2, 0) is 4.74 Å². The lowest BCUT2D eigenvalue weighted by Crippen LogP contribution is -2.40. The largest absolute Gasteiger partial charge is 0.396 e. The Bertz CT molecular complexity index is 119. The summed E-state index contributed by atoms with van der Waals surface area (Å²) in [5.41, 5.74) is 0. The predicted molar refractivity (Wildman–Crippen MR) is 51.7 cm³/mol. The second kappa shape index (κ2) is 7.26.